The van der Waals surface area contributed by atoms with Gasteiger partial charge < -0.3 is 0 Å². The zero-order valence-electron chi connectivity index (χ0n) is 14.4. The van der Waals surface area contributed by atoms with E-state index in [9.17, 15) is 0 Å². The highest BCUT2D eigenvalue weighted by molar-refractivity contribution is 7.26. The maximum atomic E-state index is 3.87. The molecule has 0 amide bonds. The second kappa shape index (κ2) is 6.12. The topological polar surface area (TPSA) is 0 Å². The van der Waals surface area contributed by atoms with Crippen LogP contribution >= 0.6 is 11.3 Å². The van der Waals surface area contributed by atoms with E-state index in [2.05, 4.69) is 85.4 Å². The van der Waals surface area contributed by atoms with Crippen LogP contribution in [0.1, 0.15) is 5.56 Å². The van der Waals surface area contributed by atoms with Crippen LogP contribution in [0.5, 0.6) is 0 Å². The molecule has 1 aromatic heterocycles. The summed E-state index contributed by atoms with van der Waals surface area (Å²) in [6.07, 6.45) is 2.87. The molecule has 0 aliphatic heterocycles. The van der Waals surface area contributed by atoms with Gasteiger partial charge in [-0.05, 0) is 52.1 Å². The van der Waals surface area contributed by atoms with E-state index < -0.39 is 0 Å². The smallest absolute Gasteiger partial charge is 0.0362 e. The van der Waals surface area contributed by atoms with Crippen molar-refractivity contribution in [3.63, 3.8) is 0 Å². The number of hydrogen-bond donors (Lipinski definition) is 0. The molecule has 5 rings (SSSR count). The lowest BCUT2D eigenvalue weighted by atomic mass is 9.96. The fourth-order valence-electron chi connectivity index (χ4n) is 3.78. The normalized spacial score (nSPS) is 11.4. The van der Waals surface area contributed by atoms with E-state index in [-0.39, 0.29) is 0 Å². The fourth-order valence-corrected chi connectivity index (χ4v) is 4.95. The summed E-state index contributed by atoms with van der Waals surface area (Å²) in [7, 11) is 0. The lowest BCUT2D eigenvalue weighted by Gasteiger charge is -2.07. The Bertz CT molecular complexity index is 1270. The molecule has 1 heterocycles. The Kier molecular flexibility index (Phi) is 3.62. The molecule has 1 heteroatoms. The molecule has 26 heavy (non-hydrogen) atoms. The minimum atomic E-state index is 0.902. The van der Waals surface area contributed by atoms with Crippen molar-refractivity contribution in [3.8, 4) is 11.1 Å². The predicted octanol–water partition coefficient (Wildman–Crippen LogP) is 7.60. The molecule has 4 aromatic carbocycles. The van der Waals surface area contributed by atoms with E-state index >= 15 is 0 Å². The van der Waals surface area contributed by atoms with E-state index in [0.29, 0.717) is 0 Å². The van der Waals surface area contributed by atoms with Crippen LogP contribution in [0.2, 0.25) is 0 Å². The standard InChI is InChI=1S/C25H18S/c1-2-7-17-8-5-11-20(14-17)21-12-6-13-23-25(21)22-15-18-9-3-4-10-19(18)16-24(22)26-23/h2-6,8-16H,1,7H2. The number of allylic oxidation sites excluding steroid dienone is 1. The highest BCUT2D eigenvalue weighted by atomic mass is 32.1. The average Bonchev–Trinajstić information content (AvgIpc) is 3.04. The zero-order valence-corrected chi connectivity index (χ0v) is 15.2. The monoisotopic (exact) mass is 350 g/mol. The lowest BCUT2D eigenvalue weighted by molar-refractivity contribution is 1.28. The molecule has 0 aliphatic carbocycles. The van der Waals surface area contributed by atoms with Crippen molar-refractivity contribution in [2.45, 2.75) is 6.42 Å². The minimum absolute atomic E-state index is 0.902. The van der Waals surface area contributed by atoms with Crippen LogP contribution in [-0.4, -0.2) is 0 Å². The van der Waals surface area contributed by atoms with Gasteiger partial charge in [-0.1, -0.05) is 66.7 Å². The Balaban J connectivity index is 1.84. The van der Waals surface area contributed by atoms with Crippen molar-refractivity contribution in [1.82, 2.24) is 0 Å². The number of benzene rings is 4. The molecule has 0 bridgehead atoms. The Morgan fingerprint density at radius 3 is 2.42 bits per heavy atom. The molecular weight excluding hydrogens is 332 g/mol. The summed E-state index contributed by atoms with van der Waals surface area (Å²) >= 11 is 1.88. The summed E-state index contributed by atoms with van der Waals surface area (Å²) in [5.41, 5.74) is 3.90. The molecule has 0 aliphatic rings. The van der Waals surface area contributed by atoms with Crippen molar-refractivity contribution >= 4 is 42.3 Å². The van der Waals surface area contributed by atoms with Crippen molar-refractivity contribution in [2.75, 3.05) is 0 Å². The second-order valence-electron chi connectivity index (χ2n) is 6.67. The van der Waals surface area contributed by atoms with Crippen LogP contribution in [0.25, 0.3) is 42.1 Å². The average molecular weight is 350 g/mol. The van der Waals surface area contributed by atoms with Gasteiger partial charge in [0.2, 0.25) is 0 Å². The third-order valence-electron chi connectivity index (χ3n) is 4.98. The third-order valence-corrected chi connectivity index (χ3v) is 6.10. The van der Waals surface area contributed by atoms with Gasteiger partial charge in [0.1, 0.15) is 0 Å². The summed E-state index contributed by atoms with van der Waals surface area (Å²) in [6, 6.07) is 28.8. The van der Waals surface area contributed by atoms with Crippen LogP contribution in [0, 0.1) is 0 Å². The molecular formula is C25H18S. The third kappa shape index (κ3) is 2.44. The molecule has 0 unspecified atom stereocenters. The van der Waals surface area contributed by atoms with E-state index in [1.807, 2.05) is 17.4 Å². The molecule has 124 valence electrons. The van der Waals surface area contributed by atoms with Gasteiger partial charge in [0.25, 0.3) is 0 Å². The number of rotatable bonds is 3. The van der Waals surface area contributed by atoms with E-state index in [0.717, 1.165) is 6.42 Å². The Hall–Kier alpha value is -2.90. The number of thiophene rings is 1. The molecule has 0 fully saturated rings. The Labute approximate surface area is 157 Å². The predicted molar refractivity (Wildman–Crippen MR) is 116 cm³/mol. The maximum Gasteiger partial charge on any atom is 0.0362 e. The first-order valence-electron chi connectivity index (χ1n) is 8.88. The van der Waals surface area contributed by atoms with Crippen LogP contribution in [0.4, 0.5) is 0 Å². The van der Waals surface area contributed by atoms with Gasteiger partial charge in [-0.25, -0.2) is 0 Å². The first-order valence-corrected chi connectivity index (χ1v) is 9.69. The van der Waals surface area contributed by atoms with Crippen molar-refractivity contribution < 1.29 is 0 Å². The van der Waals surface area contributed by atoms with Gasteiger partial charge in [-0.15, -0.1) is 17.9 Å². The van der Waals surface area contributed by atoms with Crippen LogP contribution in [0.15, 0.2) is 91.5 Å². The molecule has 0 nitrogen and oxygen atoms in total. The first-order chi connectivity index (χ1) is 12.8. The SMILES string of the molecule is C=CCc1cccc(-c2cccc3sc4cc5ccccc5cc4c23)c1. The van der Waals surface area contributed by atoms with Crippen LogP contribution < -0.4 is 0 Å². The van der Waals surface area contributed by atoms with Crippen LogP contribution in [-0.2, 0) is 6.42 Å². The van der Waals surface area contributed by atoms with E-state index in [4.69, 9.17) is 0 Å². The molecule has 0 N–H and O–H groups in total. The molecule has 0 saturated carbocycles. The van der Waals surface area contributed by atoms with Gasteiger partial charge >= 0.3 is 0 Å². The summed E-state index contributed by atoms with van der Waals surface area (Å²) < 4.78 is 2.70. The number of hydrogen-bond acceptors (Lipinski definition) is 1. The van der Waals surface area contributed by atoms with Crippen LogP contribution in [0.3, 0.4) is 0 Å². The Morgan fingerprint density at radius 2 is 1.58 bits per heavy atom. The van der Waals surface area contributed by atoms with Gasteiger partial charge in [-0.2, -0.15) is 0 Å². The maximum absolute atomic E-state index is 3.87. The quantitative estimate of drug-likeness (QED) is 0.294. The lowest BCUT2D eigenvalue weighted by Crippen LogP contribution is -1.84. The molecule has 0 saturated heterocycles. The fraction of sp³-hybridized carbons (Fsp3) is 0.0400. The number of fused-ring (bicyclic) bond motifs is 4. The largest absolute Gasteiger partial charge is 0.135 e. The molecule has 0 spiro atoms. The van der Waals surface area contributed by atoms with Crippen molar-refractivity contribution in [2.24, 2.45) is 0 Å². The van der Waals surface area contributed by atoms with Gasteiger partial charge in [-0.3, -0.25) is 0 Å². The van der Waals surface area contributed by atoms with Crippen molar-refractivity contribution in [1.29, 1.82) is 0 Å². The Morgan fingerprint density at radius 1 is 0.769 bits per heavy atom. The van der Waals surface area contributed by atoms with Gasteiger partial charge in [0.05, 0.1) is 0 Å². The summed E-state index contributed by atoms with van der Waals surface area (Å²) in [5, 5.41) is 5.33. The first kappa shape index (κ1) is 15.4. The van der Waals surface area contributed by atoms with E-state index in [1.165, 1.54) is 47.6 Å². The molecule has 5 aromatic rings. The van der Waals surface area contributed by atoms with Gasteiger partial charge in [0, 0.05) is 20.2 Å². The second-order valence-corrected chi connectivity index (χ2v) is 7.75. The van der Waals surface area contributed by atoms with Crippen molar-refractivity contribution in [3.05, 3.63) is 97.1 Å². The highest BCUT2D eigenvalue weighted by Crippen LogP contribution is 2.41. The summed E-state index contributed by atoms with van der Waals surface area (Å²) in [4.78, 5) is 0. The molecule has 0 atom stereocenters. The highest BCUT2D eigenvalue weighted by Gasteiger charge is 2.12. The van der Waals surface area contributed by atoms with E-state index in [1.54, 1.807) is 0 Å². The summed E-state index contributed by atoms with van der Waals surface area (Å²) in [5.74, 6) is 0. The summed E-state index contributed by atoms with van der Waals surface area (Å²) in [6.45, 7) is 3.87. The molecule has 0 radical (unpaired) electrons. The minimum Gasteiger partial charge on any atom is -0.135 e. The zero-order chi connectivity index (χ0) is 17.5. The van der Waals surface area contributed by atoms with Gasteiger partial charge in [0.15, 0.2) is 0 Å².